The summed E-state index contributed by atoms with van der Waals surface area (Å²) in [7, 11) is 0. The maximum atomic E-state index is 6.40. The number of fused-ring (bicyclic) bond motifs is 6. The Morgan fingerprint density at radius 1 is 0.468 bits per heavy atom. The molecule has 9 rings (SSSR count). The van der Waals surface area contributed by atoms with E-state index in [0.717, 1.165) is 28.4 Å². The summed E-state index contributed by atoms with van der Waals surface area (Å²) >= 11 is 0. The molecule has 7 aromatic carbocycles. The van der Waals surface area contributed by atoms with E-state index in [1.54, 1.807) is 0 Å². The van der Waals surface area contributed by atoms with Crippen LogP contribution in [0.15, 0.2) is 168 Å². The molecule has 1 aromatic heterocycles. The molecule has 0 saturated carbocycles. The second-order valence-corrected chi connectivity index (χ2v) is 13.0. The summed E-state index contributed by atoms with van der Waals surface area (Å²) in [6.07, 6.45) is 0. The predicted octanol–water partition coefficient (Wildman–Crippen LogP) is 12.7. The van der Waals surface area contributed by atoms with Gasteiger partial charge in [0.15, 0.2) is 0 Å². The second kappa shape index (κ2) is 10.6. The minimum atomic E-state index is -0.147. The third kappa shape index (κ3) is 4.48. The summed E-state index contributed by atoms with van der Waals surface area (Å²) in [5, 5.41) is 3.67. The Morgan fingerprint density at radius 2 is 1.04 bits per heavy atom. The normalized spacial score (nSPS) is 13.1. The fourth-order valence-electron chi connectivity index (χ4n) is 7.43. The van der Waals surface area contributed by atoms with Gasteiger partial charge in [-0.25, -0.2) is 0 Å². The molecule has 0 unspecified atom stereocenters. The van der Waals surface area contributed by atoms with Crippen LogP contribution in [0.25, 0.3) is 55.3 Å². The first-order valence-electron chi connectivity index (χ1n) is 16.3. The third-order valence-corrected chi connectivity index (χ3v) is 9.84. The van der Waals surface area contributed by atoms with Gasteiger partial charge in [0.1, 0.15) is 11.3 Å². The van der Waals surface area contributed by atoms with Crippen LogP contribution in [0, 0.1) is 0 Å². The second-order valence-electron chi connectivity index (χ2n) is 13.0. The molecule has 0 aliphatic heterocycles. The largest absolute Gasteiger partial charge is 0.456 e. The third-order valence-electron chi connectivity index (χ3n) is 9.84. The van der Waals surface area contributed by atoms with Crippen LogP contribution in [0.2, 0.25) is 0 Å². The highest BCUT2D eigenvalue weighted by Gasteiger charge is 2.40. The van der Waals surface area contributed by atoms with E-state index < -0.39 is 0 Å². The minimum absolute atomic E-state index is 0.147. The lowest BCUT2D eigenvalue weighted by atomic mass is 9.80. The summed E-state index contributed by atoms with van der Waals surface area (Å²) in [6.45, 7) is 4.63. The monoisotopic (exact) mass is 603 g/mol. The Balaban J connectivity index is 1.10. The van der Waals surface area contributed by atoms with E-state index in [4.69, 9.17) is 4.42 Å². The number of benzene rings is 7. The van der Waals surface area contributed by atoms with Crippen molar-refractivity contribution in [3.63, 3.8) is 0 Å². The van der Waals surface area contributed by atoms with E-state index in [1.165, 1.54) is 55.1 Å². The summed E-state index contributed by atoms with van der Waals surface area (Å²) in [5.74, 6) is 1.01. The molecule has 0 amide bonds. The first kappa shape index (κ1) is 27.5. The predicted molar refractivity (Wildman–Crippen MR) is 197 cm³/mol. The van der Waals surface area contributed by atoms with E-state index >= 15 is 0 Å². The zero-order valence-electron chi connectivity index (χ0n) is 26.4. The smallest absolute Gasteiger partial charge is 0.139 e. The van der Waals surface area contributed by atoms with Crippen LogP contribution < -0.4 is 4.90 Å². The quantitative estimate of drug-likeness (QED) is 0.195. The van der Waals surface area contributed by atoms with Crippen molar-refractivity contribution in [2.75, 3.05) is 4.90 Å². The van der Waals surface area contributed by atoms with Gasteiger partial charge in [-0.3, -0.25) is 0 Å². The SMILES string of the molecule is CC1(C)c2cc(-c3ccc(N(c4ccc(-c5ccccc5)cc4)c4ccc5ccccc5c4)cc3)ccc2-c2oc3ccccc3c21. The molecular weight excluding hydrogens is 571 g/mol. The maximum absolute atomic E-state index is 6.40. The van der Waals surface area contributed by atoms with Crippen LogP contribution in [0.1, 0.15) is 25.0 Å². The van der Waals surface area contributed by atoms with Crippen molar-refractivity contribution in [2.24, 2.45) is 0 Å². The molecule has 0 N–H and O–H groups in total. The van der Waals surface area contributed by atoms with Crippen molar-refractivity contribution >= 4 is 38.8 Å². The molecule has 8 aromatic rings. The number of furan rings is 1. The van der Waals surface area contributed by atoms with Crippen molar-refractivity contribution in [1.82, 2.24) is 0 Å². The lowest BCUT2D eigenvalue weighted by Crippen LogP contribution is -2.15. The Morgan fingerprint density at radius 3 is 1.79 bits per heavy atom. The van der Waals surface area contributed by atoms with Gasteiger partial charge in [0, 0.05) is 39.0 Å². The molecule has 47 heavy (non-hydrogen) atoms. The topological polar surface area (TPSA) is 16.4 Å². The van der Waals surface area contributed by atoms with E-state index in [2.05, 4.69) is 176 Å². The average Bonchev–Trinajstić information content (AvgIpc) is 3.62. The molecule has 0 bridgehead atoms. The van der Waals surface area contributed by atoms with E-state index in [9.17, 15) is 0 Å². The maximum Gasteiger partial charge on any atom is 0.139 e. The molecule has 0 atom stereocenters. The number of hydrogen-bond donors (Lipinski definition) is 0. The first-order chi connectivity index (χ1) is 23.0. The van der Waals surface area contributed by atoms with Crippen LogP contribution in [-0.4, -0.2) is 0 Å². The number of para-hydroxylation sites is 1. The molecule has 0 radical (unpaired) electrons. The van der Waals surface area contributed by atoms with Crippen LogP contribution >= 0.6 is 0 Å². The van der Waals surface area contributed by atoms with E-state index in [-0.39, 0.29) is 5.41 Å². The number of anilines is 3. The number of rotatable bonds is 5. The van der Waals surface area contributed by atoms with Crippen molar-refractivity contribution < 1.29 is 4.42 Å². The molecule has 1 heterocycles. The molecule has 2 heteroatoms. The van der Waals surface area contributed by atoms with Gasteiger partial charge in [-0.1, -0.05) is 129 Å². The number of hydrogen-bond acceptors (Lipinski definition) is 2. The lowest BCUT2D eigenvalue weighted by molar-refractivity contribution is 0.619. The Bertz CT molecular complexity index is 2410. The summed E-state index contributed by atoms with van der Waals surface area (Å²) in [5.41, 5.74) is 12.8. The lowest BCUT2D eigenvalue weighted by Gasteiger charge is -2.26. The van der Waals surface area contributed by atoms with Crippen LogP contribution in [0.4, 0.5) is 17.1 Å². The van der Waals surface area contributed by atoms with E-state index in [0.29, 0.717) is 0 Å². The van der Waals surface area contributed by atoms with Gasteiger partial charge in [0.25, 0.3) is 0 Å². The number of nitrogens with zero attached hydrogens (tertiary/aromatic N) is 1. The van der Waals surface area contributed by atoms with Gasteiger partial charge in [0.2, 0.25) is 0 Å². The van der Waals surface area contributed by atoms with Gasteiger partial charge in [-0.2, -0.15) is 0 Å². The van der Waals surface area contributed by atoms with Crippen LogP contribution in [0.5, 0.6) is 0 Å². The van der Waals surface area contributed by atoms with Crippen LogP contribution in [-0.2, 0) is 5.41 Å². The van der Waals surface area contributed by atoms with Crippen molar-refractivity contribution in [3.05, 3.63) is 175 Å². The Labute approximate surface area is 275 Å². The summed E-state index contributed by atoms with van der Waals surface area (Å²) < 4.78 is 6.40. The van der Waals surface area contributed by atoms with E-state index in [1.807, 2.05) is 6.07 Å². The molecule has 1 aliphatic rings. The van der Waals surface area contributed by atoms with Crippen molar-refractivity contribution in [2.45, 2.75) is 19.3 Å². The zero-order valence-corrected chi connectivity index (χ0v) is 26.4. The highest BCUT2D eigenvalue weighted by atomic mass is 16.3. The Hall–Kier alpha value is -5.86. The van der Waals surface area contributed by atoms with Gasteiger partial charge in [-0.05, 0) is 87.1 Å². The van der Waals surface area contributed by atoms with Gasteiger partial charge in [0.05, 0.1) is 0 Å². The molecule has 2 nitrogen and oxygen atoms in total. The molecule has 0 saturated heterocycles. The fraction of sp³-hybridized carbons (Fsp3) is 0.0667. The molecule has 224 valence electrons. The van der Waals surface area contributed by atoms with Crippen molar-refractivity contribution in [3.8, 4) is 33.6 Å². The standard InChI is InChI=1S/C45H33NO/c1-45(2)41-29-35(21-27-39(41)44-43(45)40-14-8-9-15-42(40)47-44)33-18-24-37(25-19-33)46(38-26-20-31-12-6-7-13-34(31)28-38)36-22-16-32(17-23-36)30-10-4-3-5-11-30/h3-29H,1-2H3. The van der Waals surface area contributed by atoms with Crippen molar-refractivity contribution in [1.29, 1.82) is 0 Å². The highest BCUT2D eigenvalue weighted by molar-refractivity contribution is 5.95. The highest BCUT2D eigenvalue weighted by Crippen LogP contribution is 2.53. The average molecular weight is 604 g/mol. The van der Waals surface area contributed by atoms with Gasteiger partial charge in [-0.15, -0.1) is 0 Å². The van der Waals surface area contributed by atoms with Gasteiger partial charge >= 0.3 is 0 Å². The van der Waals surface area contributed by atoms with Gasteiger partial charge < -0.3 is 9.32 Å². The minimum Gasteiger partial charge on any atom is -0.456 e. The molecule has 0 spiro atoms. The summed E-state index contributed by atoms with van der Waals surface area (Å²) in [6, 6.07) is 58.9. The zero-order chi connectivity index (χ0) is 31.5. The molecule has 0 fully saturated rings. The fourth-order valence-corrected chi connectivity index (χ4v) is 7.43. The molecular formula is C45H33NO. The Kier molecular flexibility index (Phi) is 6.20. The van der Waals surface area contributed by atoms with Crippen LogP contribution in [0.3, 0.4) is 0 Å². The first-order valence-corrected chi connectivity index (χ1v) is 16.3. The molecule has 1 aliphatic carbocycles. The summed E-state index contributed by atoms with van der Waals surface area (Å²) in [4.78, 5) is 2.35.